The molecule has 0 radical (unpaired) electrons. The second kappa shape index (κ2) is 13.4. The number of guanidine groups is 1. The second-order valence-corrected chi connectivity index (χ2v) is 7.18. The maximum Gasteiger partial charge on any atom is 0.213 e. The maximum absolute atomic E-state index is 12.0. The van der Waals surface area contributed by atoms with E-state index in [0.717, 1.165) is 18.5 Å². The van der Waals surface area contributed by atoms with E-state index in [1.54, 1.807) is 7.05 Å². The quantitative estimate of drug-likeness (QED) is 0.213. The summed E-state index contributed by atoms with van der Waals surface area (Å²) in [5.74, 6) is 0.648. The number of hydrogen-bond acceptors (Lipinski definition) is 3. The van der Waals surface area contributed by atoms with Crippen molar-refractivity contribution in [2.24, 2.45) is 4.99 Å². The van der Waals surface area contributed by atoms with Gasteiger partial charge < -0.3 is 10.6 Å². The van der Waals surface area contributed by atoms with Gasteiger partial charge in [-0.05, 0) is 12.0 Å². The van der Waals surface area contributed by atoms with Crippen LogP contribution in [0, 0.1) is 0 Å². The van der Waals surface area contributed by atoms with E-state index in [9.17, 15) is 8.42 Å². The van der Waals surface area contributed by atoms with Gasteiger partial charge in [0, 0.05) is 26.7 Å². The van der Waals surface area contributed by atoms with Crippen LogP contribution in [0.15, 0.2) is 35.3 Å². The first-order valence-corrected chi connectivity index (χ1v) is 9.68. The van der Waals surface area contributed by atoms with Crippen molar-refractivity contribution in [2.75, 3.05) is 25.9 Å². The van der Waals surface area contributed by atoms with E-state index in [4.69, 9.17) is 0 Å². The van der Waals surface area contributed by atoms with Gasteiger partial charge in [0.2, 0.25) is 10.0 Å². The minimum absolute atomic E-state index is 0. The summed E-state index contributed by atoms with van der Waals surface area (Å²) in [5.41, 5.74) is 0.942. The van der Waals surface area contributed by atoms with Crippen molar-refractivity contribution in [1.82, 2.24) is 15.4 Å². The molecule has 0 bridgehead atoms. The third-order valence-corrected chi connectivity index (χ3v) is 4.62. The van der Waals surface area contributed by atoms with Crippen LogP contribution in [0.25, 0.3) is 0 Å². The number of unbranched alkanes of at least 4 members (excludes halogenated alkanes) is 2. The fourth-order valence-electron chi connectivity index (χ4n) is 1.97. The van der Waals surface area contributed by atoms with Gasteiger partial charge in [0.05, 0.1) is 5.75 Å². The number of nitrogens with zero attached hydrogens (tertiary/aromatic N) is 1. The Hall–Kier alpha value is -0.870. The predicted molar refractivity (Wildman–Crippen MR) is 111 cm³/mol. The zero-order chi connectivity index (χ0) is 17.0. The van der Waals surface area contributed by atoms with Crippen molar-refractivity contribution in [2.45, 2.75) is 32.7 Å². The minimum atomic E-state index is -3.31. The van der Waals surface area contributed by atoms with Crippen LogP contribution >= 0.6 is 24.0 Å². The Morgan fingerprint density at radius 3 is 2.38 bits per heavy atom. The molecule has 8 heteroatoms. The molecule has 0 aromatic heterocycles. The molecule has 0 aliphatic rings. The smallest absolute Gasteiger partial charge is 0.213 e. The average molecular weight is 468 g/mol. The van der Waals surface area contributed by atoms with Crippen LogP contribution in [-0.2, 0) is 16.6 Å². The summed E-state index contributed by atoms with van der Waals surface area (Å²) in [7, 11) is -1.63. The number of benzene rings is 1. The topological polar surface area (TPSA) is 82.6 Å². The Balaban J connectivity index is 0.00000529. The van der Waals surface area contributed by atoms with Crippen LogP contribution in [0.5, 0.6) is 0 Å². The van der Waals surface area contributed by atoms with Gasteiger partial charge in [-0.3, -0.25) is 4.99 Å². The standard InChI is InChI=1S/C16H28N4O2S.HI/c1-3-4-8-11-18-16(17-2)19-12-13-23(21,22)20-14-15-9-6-5-7-10-15;/h5-7,9-10,20H,3-4,8,11-14H2,1-2H3,(H2,17,18,19);1H. The number of nitrogens with one attached hydrogen (secondary N) is 3. The first-order chi connectivity index (χ1) is 11.1. The van der Waals surface area contributed by atoms with Crippen LogP contribution in [0.1, 0.15) is 31.7 Å². The summed E-state index contributed by atoms with van der Waals surface area (Å²) in [6, 6.07) is 9.46. The van der Waals surface area contributed by atoms with Gasteiger partial charge in [0.25, 0.3) is 0 Å². The first kappa shape index (κ1) is 23.1. The Labute approximate surface area is 163 Å². The number of rotatable bonds is 10. The predicted octanol–water partition coefficient (Wildman–Crippen LogP) is 2.08. The van der Waals surface area contributed by atoms with Crippen LogP contribution in [-0.4, -0.2) is 40.3 Å². The number of aliphatic imine (C=N–C) groups is 1. The molecule has 1 aromatic carbocycles. The van der Waals surface area contributed by atoms with Crippen molar-refractivity contribution >= 4 is 40.0 Å². The maximum atomic E-state index is 12.0. The van der Waals surface area contributed by atoms with Crippen molar-refractivity contribution in [3.8, 4) is 0 Å². The Kier molecular flexibility index (Phi) is 12.9. The van der Waals surface area contributed by atoms with Crippen molar-refractivity contribution in [1.29, 1.82) is 0 Å². The van der Waals surface area contributed by atoms with E-state index < -0.39 is 10.0 Å². The Bertz CT molecular complexity index is 565. The molecule has 1 rings (SSSR count). The molecule has 138 valence electrons. The van der Waals surface area contributed by atoms with Crippen LogP contribution in [0.4, 0.5) is 0 Å². The summed E-state index contributed by atoms with van der Waals surface area (Å²) in [6.45, 7) is 3.62. The van der Waals surface area contributed by atoms with Gasteiger partial charge in [-0.15, -0.1) is 24.0 Å². The average Bonchev–Trinajstić information content (AvgIpc) is 2.56. The molecule has 6 nitrogen and oxygen atoms in total. The largest absolute Gasteiger partial charge is 0.356 e. The molecule has 0 fully saturated rings. The van der Waals surface area contributed by atoms with Crippen LogP contribution in [0.3, 0.4) is 0 Å². The monoisotopic (exact) mass is 468 g/mol. The van der Waals surface area contributed by atoms with Crippen LogP contribution in [0.2, 0.25) is 0 Å². The SMILES string of the molecule is CCCCCNC(=NC)NCCS(=O)(=O)NCc1ccccc1.I. The third kappa shape index (κ3) is 10.8. The van der Waals surface area contributed by atoms with Crippen molar-refractivity contribution < 1.29 is 8.42 Å². The van der Waals surface area contributed by atoms with Gasteiger partial charge in [-0.2, -0.15) is 0 Å². The summed E-state index contributed by atoms with van der Waals surface area (Å²) in [5, 5.41) is 6.19. The highest BCUT2D eigenvalue weighted by Crippen LogP contribution is 1.98. The molecule has 1 aromatic rings. The first-order valence-electron chi connectivity index (χ1n) is 8.03. The molecular formula is C16H29IN4O2S. The van der Waals surface area contributed by atoms with E-state index in [-0.39, 0.29) is 29.7 Å². The van der Waals surface area contributed by atoms with Crippen molar-refractivity contribution in [3.63, 3.8) is 0 Å². The third-order valence-electron chi connectivity index (χ3n) is 3.30. The molecule has 0 atom stereocenters. The normalized spacial score (nSPS) is 11.7. The molecule has 0 spiro atoms. The molecule has 24 heavy (non-hydrogen) atoms. The van der Waals surface area contributed by atoms with Gasteiger partial charge >= 0.3 is 0 Å². The molecular weight excluding hydrogens is 439 g/mol. The lowest BCUT2D eigenvalue weighted by atomic mass is 10.2. The highest BCUT2D eigenvalue weighted by atomic mass is 127. The minimum Gasteiger partial charge on any atom is -0.356 e. The van der Waals surface area contributed by atoms with Gasteiger partial charge in [-0.1, -0.05) is 50.1 Å². The molecule has 3 N–H and O–H groups in total. The van der Waals surface area contributed by atoms with Gasteiger partial charge in [0.1, 0.15) is 0 Å². The van der Waals surface area contributed by atoms with Crippen molar-refractivity contribution in [3.05, 3.63) is 35.9 Å². The molecule has 0 heterocycles. The number of hydrogen-bond donors (Lipinski definition) is 3. The lowest BCUT2D eigenvalue weighted by Gasteiger charge is -2.12. The zero-order valence-corrected chi connectivity index (χ0v) is 17.6. The number of sulfonamides is 1. The summed E-state index contributed by atoms with van der Waals surface area (Å²) in [6.07, 6.45) is 3.41. The summed E-state index contributed by atoms with van der Waals surface area (Å²) in [4.78, 5) is 4.08. The fourth-order valence-corrected chi connectivity index (χ4v) is 2.87. The molecule has 0 saturated heterocycles. The van der Waals surface area contributed by atoms with E-state index in [2.05, 4.69) is 27.3 Å². The Morgan fingerprint density at radius 2 is 1.75 bits per heavy atom. The summed E-state index contributed by atoms with van der Waals surface area (Å²) >= 11 is 0. The number of halogens is 1. The lowest BCUT2D eigenvalue weighted by Crippen LogP contribution is -2.41. The van der Waals surface area contributed by atoms with E-state index in [1.807, 2.05) is 30.3 Å². The molecule has 0 aliphatic carbocycles. The molecule has 0 amide bonds. The highest BCUT2D eigenvalue weighted by molar-refractivity contribution is 14.0. The van der Waals surface area contributed by atoms with Gasteiger partial charge in [0.15, 0.2) is 5.96 Å². The molecule has 0 aliphatic heterocycles. The van der Waals surface area contributed by atoms with E-state index in [0.29, 0.717) is 19.0 Å². The summed E-state index contributed by atoms with van der Waals surface area (Å²) < 4.78 is 26.5. The molecule has 0 unspecified atom stereocenters. The van der Waals surface area contributed by atoms with E-state index in [1.165, 1.54) is 12.8 Å². The van der Waals surface area contributed by atoms with E-state index >= 15 is 0 Å². The van der Waals surface area contributed by atoms with Gasteiger partial charge in [-0.25, -0.2) is 13.1 Å². The zero-order valence-electron chi connectivity index (χ0n) is 14.4. The fraction of sp³-hybridized carbons (Fsp3) is 0.562. The van der Waals surface area contributed by atoms with Crippen LogP contribution < -0.4 is 15.4 Å². The Morgan fingerprint density at radius 1 is 1.08 bits per heavy atom. The lowest BCUT2D eigenvalue weighted by molar-refractivity contribution is 0.579. The molecule has 0 saturated carbocycles. The second-order valence-electron chi connectivity index (χ2n) is 5.26. The highest BCUT2D eigenvalue weighted by Gasteiger charge is 2.10.